The molecule has 0 saturated carbocycles. The van der Waals surface area contributed by atoms with E-state index < -0.39 is 11.9 Å². The van der Waals surface area contributed by atoms with Crippen molar-refractivity contribution >= 4 is 19.4 Å². The van der Waals surface area contributed by atoms with Crippen LogP contribution in [0, 0.1) is 0 Å². The van der Waals surface area contributed by atoms with Crippen LogP contribution in [0.25, 0.3) is 0 Å². The molecule has 1 N–H and O–H groups in total. The maximum atomic E-state index is 11.1. The van der Waals surface area contributed by atoms with E-state index in [0.717, 1.165) is 19.3 Å². The van der Waals surface area contributed by atoms with Gasteiger partial charge in [0.2, 0.25) is 0 Å². The molecule has 2 fully saturated rings. The Kier molecular flexibility index (Phi) is 11.7. The van der Waals surface area contributed by atoms with Crippen LogP contribution in [-0.4, -0.2) is 56.9 Å². The van der Waals surface area contributed by atoms with E-state index >= 15 is 0 Å². The summed E-state index contributed by atoms with van der Waals surface area (Å²) in [4.78, 5) is 0.371. The molecule has 188 valence electrons. The fraction of sp³-hybridized carbons (Fsp3) is 0.786. The van der Waals surface area contributed by atoms with Crippen LogP contribution in [0.2, 0.25) is 4.82 Å². The van der Waals surface area contributed by atoms with Crippen molar-refractivity contribution in [1.29, 1.82) is 0 Å². The predicted octanol–water partition coefficient (Wildman–Crippen LogP) is 5.79. The molecule has 0 spiro atoms. The van der Waals surface area contributed by atoms with E-state index in [1.54, 1.807) is 0 Å². The van der Waals surface area contributed by atoms with Gasteiger partial charge in [-0.15, -0.1) is 0 Å². The molecule has 33 heavy (non-hydrogen) atoms. The van der Waals surface area contributed by atoms with Gasteiger partial charge in [0, 0.05) is 0 Å². The first kappa shape index (κ1) is 27.2. The van der Waals surface area contributed by atoms with Gasteiger partial charge in [-0.2, -0.15) is 0 Å². The van der Waals surface area contributed by atoms with Crippen molar-refractivity contribution in [3.63, 3.8) is 0 Å². The summed E-state index contributed by atoms with van der Waals surface area (Å²) in [7, 11) is 0. The summed E-state index contributed by atoms with van der Waals surface area (Å²) in [5, 5.41) is 11.1. The van der Waals surface area contributed by atoms with E-state index in [0.29, 0.717) is 11.4 Å². The SMILES string of the molecule is CCCCCCCCCCCC[C@@H](O)[C@H]1O[C@@H]([C@H]2COC(C)(C)O2)C[C@H]1[Se]c1ccccc1. The first-order valence-corrected chi connectivity index (χ1v) is 15.2. The molecule has 5 atom stereocenters. The second-order valence-electron chi connectivity index (χ2n) is 10.2. The number of ether oxygens (including phenoxy) is 3. The number of aliphatic hydroxyl groups is 1. The normalized spacial score (nSPS) is 27.8. The summed E-state index contributed by atoms with van der Waals surface area (Å²) < 4.78 is 19.8. The number of benzene rings is 1. The Bertz CT molecular complexity index is 653. The molecule has 2 heterocycles. The molecule has 1 aromatic rings. The monoisotopic (exact) mass is 526 g/mol. The zero-order valence-electron chi connectivity index (χ0n) is 21.0. The van der Waals surface area contributed by atoms with Crippen molar-refractivity contribution in [2.24, 2.45) is 0 Å². The molecule has 4 nitrogen and oxygen atoms in total. The van der Waals surface area contributed by atoms with Crippen LogP contribution in [-0.2, 0) is 14.2 Å². The van der Waals surface area contributed by atoms with Crippen LogP contribution in [0.4, 0.5) is 0 Å². The quantitative estimate of drug-likeness (QED) is 0.233. The fourth-order valence-electron chi connectivity index (χ4n) is 4.98. The Balaban J connectivity index is 1.43. The average Bonchev–Trinajstić information content (AvgIpc) is 3.38. The molecule has 0 amide bonds. The minimum atomic E-state index is -0.541. The molecule has 0 radical (unpaired) electrons. The fourth-order valence-corrected chi connectivity index (χ4v) is 7.77. The molecule has 5 heteroatoms. The molecule has 0 aliphatic carbocycles. The second-order valence-corrected chi connectivity index (χ2v) is 13.0. The number of hydrogen-bond donors (Lipinski definition) is 1. The molecule has 2 aliphatic rings. The maximum absolute atomic E-state index is 11.1. The third-order valence-electron chi connectivity index (χ3n) is 6.87. The molecule has 2 aliphatic heterocycles. The molecule has 0 bridgehead atoms. The standard InChI is InChI=1S/C28H46O4Se/c1-4-5-6-7-8-9-10-11-12-16-19-23(29)27-26(33-22-17-14-13-15-18-22)20-24(31-27)25-21-30-28(2,3)32-25/h13-15,17-18,23-27,29H,4-12,16,19-21H2,1-3H3/t23-,24-,25-,26-,27-/m1/s1. The molecule has 2 saturated heterocycles. The molecule has 3 rings (SSSR count). The Morgan fingerprint density at radius 2 is 1.58 bits per heavy atom. The Morgan fingerprint density at radius 1 is 0.939 bits per heavy atom. The molecular formula is C28H46O4Se. The average molecular weight is 526 g/mol. The van der Waals surface area contributed by atoms with E-state index in [4.69, 9.17) is 14.2 Å². The van der Waals surface area contributed by atoms with Gasteiger partial charge in [-0.1, -0.05) is 19.8 Å². The molecule has 1 aromatic carbocycles. The van der Waals surface area contributed by atoms with E-state index in [1.165, 1.54) is 62.2 Å². The Morgan fingerprint density at radius 3 is 2.18 bits per heavy atom. The summed E-state index contributed by atoms with van der Waals surface area (Å²) in [6.45, 7) is 6.77. The topological polar surface area (TPSA) is 47.9 Å². The van der Waals surface area contributed by atoms with Crippen molar-refractivity contribution in [1.82, 2.24) is 0 Å². The van der Waals surface area contributed by atoms with E-state index in [9.17, 15) is 5.11 Å². The molecule has 0 aromatic heterocycles. The second kappa shape index (κ2) is 14.2. The third-order valence-corrected chi connectivity index (χ3v) is 9.62. The van der Waals surface area contributed by atoms with Crippen molar-refractivity contribution < 1.29 is 19.3 Å². The summed E-state index contributed by atoms with van der Waals surface area (Å²) in [5.74, 6) is -0.541. The van der Waals surface area contributed by atoms with E-state index in [1.807, 2.05) is 13.8 Å². The number of hydrogen-bond acceptors (Lipinski definition) is 4. The van der Waals surface area contributed by atoms with Gasteiger partial charge in [0.1, 0.15) is 0 Å². The summed E-state index contributed by atoms with van der Waals surface area (Å²) in [5.41, 5.74) is 0. The van der Waals surface area contributed by atoms with Crippen molar-refractivity contribution in [2.75, 3.05) is 6.61 Å². The predicted molar refractivity (Wildman–Crippen MR) is 136 cm³/mol. The molecule has 0 unspecified atom stereocenters. The van der Waals surface area contributed by atoms with Crippen LogP contribution in [0.5, 0.6) is 0 Å². The van der Waals surface area contributed by atoms with Gasteiger partial charge in [0.15, 0.2) is 0 Å². The van der Waals surface area contributed by atoms with Gasteiger partial charge < -0.3 is 0 Å². The van der Waals surface area contributed by atoms with E-state index in [-0.39, 0.29) is 33.3 Å². The molecular weight excluding hydrogens is 479 g/mol. The number of unbranched alkanes of at least 4 members (excludes halogenated alkanes) is 9. The van der Waals surface area contributed by atoms with Crippen LogP contribution in [0.15, 0.2) is 30.3 Å². The van der Waals surface area contributed by atoms with Gasteiger partial charge in [-0.05, 0) is 0 Å². The minimum absolute atomic E-state index is 0.00900. The van der Waals surface area contributed by atoms with Gasteiger partial charge in [-0.3, -0.25) is 0 Å². The number of rotatable bonds is 15. The van der Waals surface area contributed by atoms with Gasteiger partial charge in [0.25, 0.3) is 0 Å². The summed E-state index contributed by atoms with van der Waals surface area (Å²) in [6, 6.07) is 10.7. The van der Waals surface area contributed by atoms with Crippen LogP contribution >= 0.6 is 0 Å². The first-order valence-electron chi connectivity index (χ1n) is 13.4. The zero-order chi connectivity index (χ0) is 23.5. The van der Waals surface area contributed by atoms with Crippen molar-refractivity contribution in [3.8, 4) is 0 Å². The van der Waals surface area contributed by atoms with Crippen molar-refractivity contribution in [2.45, 2.75) is 133 Å². The Labute approximate surface area is 208 Å². The van der Waals surface area contributed by atoms with Crippen molar-refractivity contribution in [3.05, 3.63) is 30.3 Å². The Hall–Kier alpha value is -0.421. The van der Waals surface area contributed by atoms with E-state index in [2.05, 4.69) is 37.3 Å². The van der Waals surface area contributed by atoms with Gasteiger partial charge in [-0.25, -0.2) is 0 Å². The van der Waals surface area contributed by atoms with Gasteiger partial charge >= 0.3 is 189 Å². The number of aliphatic hydroxyl groups excluding tert-OH is 1. The summed E-state index contributed by atoms with van der Waals surface area (Å²) in [6.07, 6.45) is 14.4. The third kappa shape index (κ3) is 9.28. The van der Waals surface area contributed by atoms with Crippen LogP contribution in [0.1, 0.15) is 97.8 Å². The van der Waals surface area contributed by atoms with Gasteiger partial charge in [0.05, 0.1) is 0 Å². The zero-order valence-corrected chi connectivity index (χ0v) is 22.8. The summed E-state index contributed by atoms with van der Waals surface area (Å²) >= 11 is 0.272. The first-order chi connectivity index (χ1) is 16.0. The van der Waals surface area contributed by atoms with Crippen LogP contribution < -0.4 is 4.46 Å². The van der Waals surface area contributed by atoms with Crippen LogP contribution in [0.3, 0.4) is 0 Å².